The van der Waals surface area contributed by atoms with Gasteiger partial charge < -0.3 is 10.0 Å². The molecule has 1 aromatic heterocycles. The van der Waals surface area contributed by atoms with Gasteiger partial charge in [-0.3, -0.25) is 4.79 Å². The van der Waals surface area contributed by atoms with Crippen molar-refractivity contribution in [2.24, 2.45) is 0 Å². The van der Waals surface area contributed by atoms with E-state index in [9.17, 15) is 23.1 Å². The summed E-state index contributed by atoms with van der Waals surface area (Å²) in [6.07, 6.45) is -3.89. The largest absolute Gasteiger partial charge is 0.508 e. The zero-order valence-electron chi connectivity index (χ0n) is 11.9. The maximum Gasteiger partial charge on any atom is 0.471 e. The molecule has 1 atom stereocenters. The van der Waals surface area contributed by atoms with E-state index in [1.165, 1.54) is 23.5 Å². The minimum Gasteiger partial charge on any atom is -0.508 e. The second kappa shape index (κ2) is 5.84. The molecule has 8 heteroatoms. The summed E-state index contributed by atoms with van der Waals surface area (Å²) in [6, 6.07) is 5.84. The number of carbonyl (C=O) groups is 1. The van der Waals surface area contributed by atoms with E-state index >= 15 is 0 Å². The van der Waals surface area contributed by atoms with Crippen molar-refractivity contribution in [3.8, 4) is 16.3 Å². The van der Waals surface area contributed by atoms with Crippen LogP contribution in [0.1, 0.15) is 24.6 Å². The molecule has 1 aliphatic rings. The summed E-state index contributed by atoms with van der Waals surface area (Å²) in [6.45, 7) is 0.0853. The maximum absolute atomic E-state index is 12.7. The molecular weight excluding hydrogens is 329 g/mol. The summed E-state index contributed by atoms with van der Waals surface area (Å²) in [5.41, 5.74) is 1.15. The van der Waals surface area contributed by atoms with Crippen LogP contribution in [0.3, 0.4) is 0 Å². The van der Waals surface area contributed by atoms with Crippen LogP contribution in [0.5, 0.6) is 5.75 Å². The Morgan fingerprint density at radius 1 is 1.39 bits per heavy atom. The molecule has 4 nitrogen and oxygen atoms in total. The van der Waals surface area contributed by atoms with Gasteiger partial charge in [0.05, 0.1) is 11.7 Å². The van der Waals surface area contributed by atoms with Crippen LogP contribution in [0.4, 0.5) is 13.2 Å². The van der Waals surface area contributed by atoms with E-state index in [0.717, 1.165) is 4.90 Å². The highest BCUT2D eigenvalue weighted by atomic mass is 32.1. The lowest BCUT2D eigenvalue weighted by Crippen LogP contribution is -2.40. The Balaban J connectivity index is 1.86. The van der Waals surface area contributed by atoms with Gasteiger partial charge in [-0.25, -0.2) is 4.98 Å². The SMILES string of the molecule is O=C(N1CCC[C@H]1c1csc(-c2cccc(O)c2)n1)C(F)(F)F. The number of likely N-dealkylation sites (tertiary alicyclic amines) is 1. The maximum atomic E-state index is 12.7. The number of rotatable bonds is 2. The summed E-state index contributed by atoms with van der Waals surface area (Å²) in [7, 11) is 0. The van der Waals surface area contributed by atoms with Crippen LogP contribution in [0.25, 0.3) is 10.6 Å². The molecule has 0 aliphatic carbocycles. The van der Waals surface area contributed by atoms with Gasteiger partial charge in [0, 0.05) is 17.5 Å². The van der Waals surface area contributed by atoms with Gasteiger partial charge in [-0.05, 0) is 25.0 Å². The van der Waals surface area contributed by atoms with Crippen LogP contribution in [-0.2, 0) is 4.79 Å². The molecule has 23 heavy (non-hydrogen) atoms. The molecule has 1 fully saturated rings. The Hall–Kier alpha value is -2.09. The van der Waals surface area contributed by atoms with Gasteiger partial charge >= 0.3 is 12.1 Å². The predicted molar refractivity (Wildman–Crippen MR) is 79.0 cm³/mol. The molecule has 0 radical (unpaired) electrons. The number of hydrogen-bond acceptors (Lipinski definition) is 4. The lowest BCUT2D eigenvalue weighted by molar-refractivity contribution is -0.186. The molecule has 1 N–H and O–H groups in total. The van der Waals surface area contributed by atoms with E-state index in [1.807, 2.05) is 0 Å². The fraction of sp³-hybridized carbons (Fsp3) is 0.333. The average molecular weight is 342 g/mol. The van der Waals surface area contributed by atoms with Gasteiger partial charge in [0.1, 0.15) is 10.8 Å². The summed E-state index contributed by atoms with van der Waals surface area (Å²) < 4.78 is 38.0. The highest BCUT2D eigenvalue weighted by Gasteiger charge is 2.46. The first-order chi connectivity index (χ1) is 10.9. The van der Waals surface area contributed by atoms with Crippen LogP contribution in [0, 0.1) is 0 Å². The number of aromatic nitrogens is 1. The Morgan fingerprint density at radius 3 is 2.87 bits per heavy atom. The molecule has 3 rings (SSSR count). The summed E-state index contributed by atoms with van der Waals surface area (Å²) in [5, 5.41) is 11.8. The summed E-state index contributed by atoms with van der Waals surface area (Å²) in [5.74, 6) is -1.72. The van der Waals surface area contributed by atoms with Gasteiger partial charge in [0.2, 0.25) is 0 Å². The van der Waals surface area contributed by atoms with Crippen LogP contribution in [0.15, 0.2) is 29.6 Å². The predicted octanol–water partition coefficient (Wildman–Crippen LogP) is 3.74. The Bertz CT molecular complexity index is 730. The molecule has 0 bridgehead atoms. The van der Waals surface area contributed by atoms with Crippen molar-refractivity contribution in [2.45, 2.75) is 25.1 Å². The first kappa shape index (κ1) is 15.8. The average Bonchev–Trinajstić information content (AvgIpc) is 3.14. The van der Waals surface area contributed by atoms with E-state index in [2.05, 4.69) is 4.98 Å². The minimum atomic E-state index is -4.87. The first-order valence-corrected chi connectivity index (χ1v) is 7.87. The number of alkyl halides is 3. The molecule has 2 heterocycles. The summed E-state index contributed by atoms with van der Waals surface area (Å²) in [4.78, 5) is 16.7. The monoisotopic (exact) mass is 342 g/mol. The van der Waals surface area contributed by atoms with Gasteiger partial charge in [0.15, 0.2) is 0 Å². The molecule has 1 amide bonds. The van der Waals surface area contributed by atoms with E-state index in [1.54, 1.807) is 17.5 Å². The number of aromatic hydroxyl groups is 1. The zero-order chi connectivity index (χ0) is 16.6. The second-order valence-electron chi connectivity index (χ2n) is 5.28. The highest BCUT2D eigenvalue weighted by Crippen LogP contribution is 2.37. The molecule has 122 valence electrons. The Kier molecular flexibility index (Phi) is 4.01. The number of phenolic OH excluding ortho intramolecular Hbond substituents is 1. The van der Waals surface area contributed by atoms with Crippen LogP contribution in [-0.4, -0.2) is 33.6 Å². The number of hydrogen-bond donors (Lipinski definition) is 1. The van der Waals surface area contributed by atoms with E-state index < -0.39 is 18.1 Å². The van der Waals surface area contributed by atoms with Crippen molar-refractivity contribution < 1.29 is 23.1 Å². The number of nitrogens with zero attached hydrogens (tertiary/aromatic N) is 2. The standard InChI is InChI=1S/C15H13F3N2O2S/c16-15(17,18)14(22)20-6-2-5-12(20)11-8-23-13(19-11)9-3-1-4-10(21)7-9/h1,3-4,7-8,12,21H,2,5-6H2/t12-/m0/s1. The topological polar surface area (TPSA) is 53.4 Å². The van der Waals surface area contributed by atoms with Crippen LogP contribution < -0.4 is 0 Å². The number of halogens is 3. The van der Waals surface area contributed by atoms with Gasteiger partial charge in [-0.2, -0.15) is 13.2 Å². The summed E-state index contributed by atoms with van der Waals surface area (Å²) >= 11 is 1.28. The zero-order valence-corrected chi connectivity index (χ0v) is 12.7. The highest BCUT2D eigenvalue weighted by molar-refractivity contribution is 7.13. The molecule has 0 unspecified atom stereocenters. The third-order valence-electron chi connectivity index (χ3n) is 3.71. The normalized spacial score (nSPS) is 18.4. The molecule has 2 aromatic rings. The van der Waals surface area contributed by atoms with Crippen molar-refractivity contribution in [3.05, 3.63) is 35.3 Å². The quantitative estimate of drug-likeness (QED) is 0.904. The van der Waals surface area contributed by atoms with E-state index in [0.29, 0.717) is 29.1 Å². The Morgan fingerprint density at radius 2 is 2.17 bits per heavy atom. The smallest absolute Gasteiger partial charge is 0.471 e. The van der Waals surface area contributed by atoms with E-state index in [-0.39, 0.29) is 12.3 Å². The first-order valence-electron chi connectivity index (χ1n) is 6.99. The number of amides is 1. The van der Waals surface area contributed by atoms with Crippen molar-refractivity contribution in [3.63, 3.8) is 0 Å². The molecule has 0 spiro atoms. The van der Waals surface area contributed by atoms with Gasteiger partial charge in [-0.15, -0.1) is 11.3 Å². The van der Waals surface area contributed by atoms with Gasteiger partial charge in [0.25, 0.3) is 0 Å². The fourth-order valence-electron chi connectivity index (χ4n) is 2.69. The minimum absolute atomic E-state index is 0.0853. The lowest BCUT2D eigenvalue weighted by atomic mass is 10.1. The number of benzene rings is 1. The van der Waals surface area contributed by atoms with Crippen molar-refractivity contribution in [2.75, 3.05) is 6.54 Å². The van der Waals surface area contributed by atoms with Crippen LogP contribution >= 0.6 is 11.3 Å². The molecular formula is C15H13F3N2O2S. The fourth-order valence-corrected chi connectivity index (χ4v) is 3.55. The van der Waals surface area contributed by atoms with Crippen molar-refractivity contribution >= 4 is 17.2 Å². The molecule has 1 aromatic carbocycles. The molecule has 1 aliphatic heterocycles. The third kappa shape index (κ3) is 3.17. The van der Waals surface area contributed by atoms with Crippen LogP contribution in [0.2, 0.25) is 0 Å². The van der Waals surface area contributed by atoms with Gasteiger partial charge in [-0.1, -0.05) is 12.1 Å². The van der Waals surface area contributed by atoms with Crippen molar-refractivity contribution in [1.29, 1.82) is 0 Å². The number of carbonyl (C=O) groups excluding carboxylic acids is 1. The molecule has 0 saturated carbocycles. The van der Waals surface area contributed by atoms with Crippen molar-refractivity contribution in [1.82, 2.24) is 9.88 Å². The lowest BCUT2D eigenvalue weighted by Gasteiger charge is -2.24. The number of thiazole rings is 1. The second-order valence-corrected chi connectivity index (χ2v) is 6.14. The molecule has 1 saturated heterocycles. The third-order valence-corrected chi connectivity index (χ3v) is 4.62. The Labute approximate surface area is 134 Å². The number of phenols is 1. The van der Waals surface area contributed by atoms with E-state index in [4.69, 9.17) is 0 Å².